The van der Waals surface area contributed by atoms with Crippen molar-refractivity contribution >= 4 is 34.0 Å². The van der Waals surface area contributed by atoms with Crippen LogP contribution in [0.1, 0.15) is 19.8 Å². The van der Waals surface area contributed by atoms with E-state index in [0.717, 1.165) is 30.4 Å². The normalized spacial score (nSPS) is 27.1. The van der Waals surface area contributed by atoms with Crippen LogP contribution in [0.15, 0.2) is 12.1 Å². The molecule has 1 N–H and O–H groups in total. The lowest BCUT2D eigenvalue weighted by molar-refractivity contribution is 0.367. The van der Waals surface area contributed by atoms with Crippen molar-refractivity contribution in [3.63, 3.8) is 0 Å². The van der Waals surface area contributed by atoms with Crippen LogP contribution in [0.4, 0.5) is 15.8 Å². The van der Waals surface area contributed by atoms with Gasteiger partial charge >= 0.3 is 0 Å². The first-order valence-electron chi connectivity index (χ1n) is 6.14. The summed E-state index contributed by atoms with van der Waals surface area (Å²) in [6.07, 6.45) is 2.42. The molecule has 2 atom stereocenters. The van der Waals surface area contributed by atoms with Crippen LogP contribution < -0.4 is 10.2 Å². The van der Waals surface area contributed by atoms with Crippen molar-refractivity contribution in [2.24, 2.45) is 5.92 Å². The minimum absolute atomic E-state index is 0.106. The topological polar surface area (TPSA) is 15.3 Å². The number of halogens is 2. The fourth-order valence-electron chi connectivity index (χ4n) is 2.91. The molecule has 0 radical (unpaired) electrons. The van der Waals surface area contributed by atoms with Gasteiger partial charge in [0.1, 0.15) is 5.82 Å². The van der Waals surface area contributed by atoms with E-state index >= 15 is 0 Å². The number of hydrogen-bond acceptors (Lipinski definition) is 2. The van der Waals surface area contributed by atoms with Crippen molar-refractivity contribution < 1.29 is 4.39 Å². The van der Waals surface area contributed by atoms with Gasteiger partial charge in [0, 0.05) is 25.2 Å². The molecule has 0 aliphatic carbocycles. The molecule has 1 saturated heterocycles. The molecule has 1 aromatic carbocycles. The molecule has 0 spiro atoms. The van der Waals surface area contributed by atoms with E-state index in [1.807, 2.05) is 28.7 Å². The van der Waals surface area contributed by atoms with E-state index < -0.39 is 0 Å². The maximum Gasteiger partial charge on any atom is 0.138 e. The summed E-state index contributed by atoms with van der Waals surface area (Å²) in [5.74, 6) is 0.679. The number of piperidine rings is 1. The maximum absolute atomic E-state index is 13.7. The van der Waals surface area contributed by atoms with Gasteiger partial charge in [-0.3, -0.25) is 0 Å². The summed E-state index contributed by atoms with van der Waals surface area (Å²) < 4.78 is 14.4. The molecule has 0 saturated carbocycles. The van der Waals surface area contributed by atoms with Gasteiger partial charge in [0.15, 0.2) is 0 Å². The highest BCUT2D eigenvalue weighted by molar-refractivity contribution is 14.1. The molecule has 0 aromatic heterocycles. The molecule has 92 valence electrons. The lowest BCUT2D eigenvalue weighted by Crippen LogP contribution is -2.48. The van der Waals surface area contributed by atoms with Crippen LogP contribution in [0.5, 0.6) is 0 Å². The Kier molecular flexibility index (Phi) is 2.92. The van der Waals surface area contributed by atoms with Gasteiger partial charge < -0.3 is 10.2 Å². The molecule has 2 aliphatic rings. The zero-order valence-electron chi connectivity index (χ0n) is 9.84. The van der Waals surface area contributed by atoms with E-state index in [1.165, 1.54) is 12.8 Å². The lowest BCUT2D eigenvalue weighted by atomic mass is 9.90. The van der Waals surface area contributed by atoms with Crippen molar-refractivity contribution in [2.45, 2.75) is 25.8 Å². The fraction of sp³-hybridized carbons (Fsp3) is 0.538. The number of fused-ring (bicyclic) bond motifs is 3. The number of hydrogen-bond donors (Lipinski definition) is 1. The molecule has 0 bridgehead atoms. The smallest absolute Gasteiger partial charge is 0.138 e. The van der Waals surface area contributed by atoms with Gasteiger partial charge in [-0.2, -0.15) is 0 Å². The Morgan fingerprint density at radius 2 is 2.29 bits per heavy atom. The van der Waals surface area contributed by atoms with Crippen LogP contribution in [0.3, 0.4) is 0 Å². The van der Waals surface area contributed by atoms with Crippen molar-refractivity contribution in [1.29, 1.82) is 0 Å². The summed E-state index contributed by atoms with van der Waals surface area (Å²) in [5, 5.41) is 3.44. The van der Waals surface area contributed by atoms with Gasteiger partial charge in [0.2, 0.25) is 0 Å². The molecular weight excluding hydrogens is 330 g/mol. The van der Waals surface area contributed by atoms with Crippen LogP contribution in [0.2, 0.25) is 0 Å². The molecule has 2 nitrogen and oxygen atoms in total. The number of benzene rings is 1. The fourth-order valence-corrected chi connectivity index (χ4v) is 3.37. The van der Waals surface area contributed by atoms with Crippen molar-refractivity contribution in [3.05, 3.63) is 21.5 Å². The minimum atomic E-state index is -0.106. The Hall–Kier alpha value is -0.520. The Bertz CT molecular complexity index is 449. The maximum atomic E-state index is 13.7. The standard InChI is InChI=1S/C13H16FIN2/c1-8-2-3-17-9(4-8)7-16-12-6-11(15)10(14)5-13(12)17/h5-6,8-9,16H,2-4,7H2,1H3. The van der Waals surface area contributed by atoms with Crippen LogP contribution in [0.25, 0.3) is 0 Å². The summed E-state index contributed by atoms with van der Waals surface area (Å²) in [7, 11) is 0. The summed E-state index contributed by atoms with van der Waals surface area (Å²) in [4.78, 5) is 2.38. The van der Waals surface area contributed by atoms with Crippen molar-refractivity contribution in [2.75, 3.05) is 23.3 Å². The second-order valence-corrected chi connectivity index (χ2v) is 6.30. The Labute approximate surface area is 115 Å². The van der Waals surface area contributed by atoms with Crippen molar-refractivity contribution in [3.8, 4) is 0 Å². The summed E-state index contributed by atoms with van der Waals surface area (Å²) >= 11 is 2.05. The molecule has 4 heteroatoms. The van der Waals surface area contributed by atoms with Crippen LogP contribution in [-0.2, 0) is 0 Å². The molecule has 2 aliphatic heterocycles. The first-order valence-corrected chi connectivity index (χ1v) is 7.22. The highest BCUT2D eigenvalue weighted by Gasteiger charge is 2.31. The van der Waals surface area contributed by atoms with Gasteiger partial charge in [-0.1, -0.05) is 6.92 Å². The Morgan fingerprint density at radius 1 is 1.47 bits per heavy atom. The van der Waals surface area contributed by atoms with E-state index in [1.54, 1.807) is 6.07 Å². The van der Waals surface area contributed by atoms with Crippen LogP contribution >= 0.6 is 22.6 Å². The van der Waals surface area contributed by atoms with E-state index in [-0.39, 0.29) is 5.82 Å². The molecular formula is C13H16FIN2. The first-order chi connectivity index (χ1) is 8.15. The summed E-state index contributed by atoms with van der Waals surface area (Å²) in [5.41, 5.74) is 2.13. The first kappa shape index (κ1) is 11.6. The Morgan fingerprint density at radius 3 is 3.12 bits per heavy atom. The second-order valence-electron chi connectivity index (χ2n) is 5.14. The quantitative estimate of drug-likeness (QED) is 0.724. The molecule has 2 heterocycles. The third-order valence-electron chi connectivity index (χ3n) is 3.85. The highest BCUT2D eigenvalue weighted by atomic mass is 127. The predicted octanol–water partition coefficient (Wildman–Crippen LogP) is 3.46. The molecule has 3 rings (SSSR count). The number of nitrogens with one attached hydrogen (secondary N) is 1. The van der Waals surface area contributed by atoms with Gasteiger partial charge in [-0.05, 0) is 47.4 Å². The van der Waals surface area contributed by atoms with E-state index in [2.05, 4.69) is 17.1 Å². The van der Waals surface area contributed by atoms with E-state index in [4.69, 9.17) is 0 Å². The zero-order chi connectivity index (χ0) is 12.0. The van der Waals surface area contributed by atoms with Crippen LogP contribution in [0, 0.1) is 15.3 Å². The average molecular weight is 346 g/mol. The highest BCUT2D eigenvalue weighted by Crippen LogP contribution is 2.38. The van der Waals surface area contributed by atoms with E-state index in [0.29, 0.717) is 9.61 Å². The van der Waals surface area contributed by atoms with Gasteiger partial charge in [-0.15, -0.1) is 0 Å². The van der Waals surface area contributed by atoms with Gasteiger partial charge in [0.25, 0.3) is 0 Å². The zero-order valence-corrected chi connectivity index (χ0v) is 12.0. The Balaban J connectivity index is 1.98. The summed E-state index contributed by atoms with van der Waals surface area (Å²) in [6, 6.07) is 4.14. The van der Waals surface area contributed by atoms with Gasteiger partial charge in [-0.25, -0.2) is 4.39 Å². The number of anilines is 2. The third-order valence-corrected chi connectivity index (χ3v) is 4.68. The SMILES string of the molecule is CC1CCN2c3cc(F)c(I)cc3NCC2C1. The molecule has 0 amide bonds. The molecule has 1 fully saturated rings. The molecule has 2 unspecified atom stereocenters. The van der Waals surface area contributed by atoms with Gasteiger partial charge in [0.05, 0.1) is 14.9 Å². The van der Waals surface area contributed by atoms with Crippen LogP contribution in [-0.4, -0.2) is 19.1 Å². The number of nitrogens with zero attached hydrogens (tertiary/aromatic N) is 1. The predicted molar refractivity (Wildman–Crippen MR) is 77.1 cm³/mol. The lowest BCUT2D eigenvalue weighted by Gasteiger charge is -2.44. The monoisotopic (exact) mass is 346 g/mol. The average Bonchev–Trinajstić information content (AvgIpc) is 2.30. The second kappa shape index (κ2) is 4.30. The van der Waals surface area contributed by atoms with Crippen molar-refractivity contribution in [1.82, 2.24) is 0 Å². The molecule has 17 heavy (non-hydrogen) atoms. The largest absolute Gasteiger partial charge is 0.381 e. The van der Waals surface area contributed by atoms with E-state index in [9.17, 15) is 4.39 Å². The summed E-state index contributed by atoms with van der Waals surface area (Å²) in [6.45, 7) is 4.35. The third kappa shape index (κ3) is 2.00. The minimum Gasteiger partial charge on any atom is -0.381 e. The number of rotatable bonds is 0. The molecule has 1 aromatic rings.